The fraction of sp³-hybridized carbons (Fsp3) is 0.0667. The number of benzene rings is 1. The molecule has 2 aromatic heterocycles. The molecular formula is C15H12N2. The molecule has 3 rings (SSSR count). The third-order valence-electron chi connectivity index (χ3n) is 2.85. The van der Waals surface area contributed by atoms with Gasteiger partial charge in [-0.2, -0.15) is 0 Å². The highest BCUT2D eigenvalue weighted by Crippen LogP contribution is 2.21. The smallest absolute Gasteiger partial charge is 0.0894 e. The highest BCUT2D eigenvalue weighted by Gasteiger charge is 2.03. The van der Waals surface area contributed by atoms with Crippen LogP contribution in [0.25, 0.3) is 22.3 Å². The van der Waals surface area contributed by atoms with Gasteiger partial charge in [0, 0.05) is 11.6 Å². The Morgan fingerprint density at radius 1 is 0.824 bits per heavy atom. The van der Waals surface area contributed by atoms with Gasteiger partial charge in [0.25, 0.3) is 0 Å². The average Bonchev–Trinajstić information content (AvgIpc) is 2.40. The predicted molar refractivity (Wildman–Crippen MR) is 69.7 cm³/mol. The van der Waals surface area contributed by atoms with E-state index in [2.05, 4.69) is 41.2 Å². The molecule has 0 amide bonds. The average molecular weight is 220 g/mol. The van der Waals surface area contributed by atoms with Gasteiger partial charge in [-0.3, -0.25) is 4.98 Å². The fourth-order valence-corrected chi connectivity index (χ4v) is 1.95. The second-order valence-electron chi connectivity index (χ2n) is 4.06. The quantitative estimate of drug-likeness (QED) is 0.626. The maximum absolute atomic E-state index is 4.68. The Balaban J connectivity index is 2.23. The molecule has 0 aliphatic carbocycles. The molecule has 0 aliphatic heterocycles. The molecule has 2 heterocycles. The summed E-state index contributed by atoms with van der Waals surface area (Å²) in [5.74, 6) is 0. The molecule has 0 unspecified atom stereocenters. The number of hydrogen-bond donors (Lipinski definition) is 0. The van der Waals surface area contributed by atoms with Gasteiger partial charge in [0.05, 0.1) is 16.9 Å². The number of fused-ring (bicyclic) bond motifs is 1. The van der Waals surface area contributed by atoms with Crippen molar-refractivity contribution in [3.8, 4) is 11.4 Å². The van der Waals surface area contributed by atoms with Crippen molar-refractivity contribution in [2.45, 2.75) is 6.92 Å². The van der Waals surface area contributed by atoms with Crippen molar-refractivity contribution in [3.63, 3.8) is 0 Å². The van der Waals surface area contributed by atoms with E-state index in [9.17, 15) is 0 Å². The first kappa shape index (κ1) is 9.97. The first-order chi connectivity index (χ1) is 8.34. The van der Waals surface area contributed by atoms with Crippen LogP contribution < -0.4 is 0 Å². The SMILES string of the molecule is Cc1cccc2ccc(-c3ccccn3)nc12. The Hall–Kier alpha value is -2.22. The normalized spacial score (nSPS) is 10.6. The second kappa shape index (κ2) is 3.98. The summed E-state index contributed by atoms with van der Waals surface area (Å²) in [7, 11) is 0. The van der Waals surface area contributed by atoms with E-state index in [4.69, 9.17) is 0 Å². The van der Waals surface area contributed by atoms with Gasteiger partial charge in [-0.05, 0) is 30.7 Å². The third kappa shape index (κ3) is 1.78. The lowest BCUT2D eigenvalue weighted by Crippen LogP contribution is -1.89. The molecule has 0 saturated carbocycles. The number of hydrogen-bond acceptors (Lipinski definition) is 2. The molecule has 2 nitrogen and oxygen atoms in total. The summed E-state index contributed by atoms with van der Waals surface area (Å²) in [6, 6.07) is 16.2. The van der Waals surface area contributed by atoms with Crippen LogP contribution in [0.4, 0.5) is 0 Å². The van der Waals surface area contributed by atoms with E-state index in [0.717, 1.165) is 16.9 Å². The Morgan fingerprint density at radius 2 is 1.76 bits per heavy atom. The molecule has 3 aromatic rings. The molecule has 0 saturated heterocycles. The van der Waals surface area contributed by atoms with Crippen molar-refractivity contribution in [1.82, 2.24) is 9.97 Å². The number of pyridine rings is 2. The van der Waals surface area contributed by atoms with Crippen molar-refractivity contribution >= 4 is 10.9 Å². The zero-order valence-electron chi connectivity index (χ0n) is 9.59. The van der Waals surface area contributed by atoms with Crippen LogP contribution in [0.3, 0.4) is 0 Å². The summed E-state index contributed by atoms with van der Waals surface area (Å²) < 4.78 is 0. The Kier molecular flexibility index (Phi) is 2.33. The van der Waals surface area contributed by atoms with Gasteiger partial charge in [-0.25, -0.2) is 4.98 Å². The largest absolute Gasteiger partial charge is 0.255 e. The minimum atomic E-state index is 0.914. The van der Waals surface area contributed by atoms with Gasteiger partial charge in [-0.15, -0.1) is 0 Å². The van der Waals surface area contributed by atoms with Crippen LogP contribution in [0.15, 0.2) is 54.7 Å². The van der Waals surface area contributed by atoms with Crippen molar-refractivity contribution in [2.24, 2.45) is 0 Å². The van der Waals surface area contributed by atoms with Gasteiger partial charge in [-0.1, -0.05) is 30.3 Å². The van der Waals surface area contributed by atoms with E-state index in [-0.39, 0.29) is 0 Å². The highest BCUT2D eigenvalue weighted by molar-refractivity contribution is 5.83. The predicted octanol–water partition coefficient (Wildman–Crippen LogP) is 3.61. The molecule has 1 aromatic carbocycles. The Morgan fingerprint density at radius 3 is 2.59 bits per heavy atom. The lowest BCUT2D eigenvalue weighted by atomic mass is 10.1. The van der Waals surface area contributed by atoms with Gasteiger partial charge in [0.1, 0.15) is 0 Å². The molecule has 0 N–H and O–H groups in total. The Labute approximate surface area is 100.0 Å². The zero-order chi connectivity index (χ0) is 11.7. The molecular weight excluding hydrogens is 208 g/mol. The minimum absolute atomic E-state index is 0.914. The number of para-hydroxylation sites is 1. The summed E-state index contributed by atoms with van der Waals surface area (Å²) in [5.41, 5.74) is 4.08. The summed E-state index contributed by atoms with van der Waals surface area (Å²) in [6.07, 6.45) is 1.79. The number of rotatable bonds is 1. The maximum Gasteiger partial charge on any atom is 0.0894 e. The van der Waals surface area contributed by atoms with E-state index >= 15 is 0 Å². The van der Waals surface area contributed by atoms with E-state index in [0.29, 0.717) is 0 Å². The zero-order valence-corrected chi connectivity index (χ0v) is 9.59. The van der Waals surface area contributed by atoms with E-state index in [1.807, 2.05) is 24.3 Å². The summed E-state index contributed by atoms with van der Waals surface area (Å²) >= 11 is 0. The lowest BCUT2D eigenvalue weighted by molar-refractivity contribution is 1.27. The molecule has 0 fully saturated rings. The molecule has 82 valence electrons. The Bertz CT molecular complexity index is 660. The van der Waals surface area contributed by atoms with Crippen LogP contribution in [0.5, 0.6) is 0 Å². The van der Waals surface area contributed by atoms with Crippen LogP contribution in [0.1, 0.15) is 5.56 Å². The molecule has 0 radical (unpaired) electrons. The fourth-order valence-electron chi connectivity index (χ4n) is 1.95. The number of aryl methyl sites for hydroxylation is 1. The van der Waals surface area contributed by atoms with E-state index < -0.39 is 0 Å². The number of aromatic nitrogens is 2. The molecule has 0 atom stereocenters. The topological polar surface area (TPSA) is 25.8 Å². The second-order valence-corrected chi connectivity index (χ2v) is 4.06. The van der Waals surface area contributed by atoms with Gasteiger partial charge >= 0.3 is 0 Å². The van der Waals surface area contributed by atoms with E-state index in [1.165, 1.54) is 10.9 Å². The molecule has 0 spiro atoms. The molecule has 2 heteroatoms. The van der Waals surface area contributed by atoms with Crippen LogP contribution in [0.2, 0.25) is 0 Å². The number of nitrogens with zero attached hydrogens (tertiary/aromatic N) is 2. The van der Waals surface area contributed by atoms with Crippen molar-refractivity contribution in [3.05, 3.63) is 60.3 Å². The minimum Gasteiger partial charge on any atom is -0.255 e. The first-order valence-corrected chi connectivity index (χ1v) is 5.62. The van der Waals surface area contributed by atoms with Crippen LogP contribution >= 0.6 is 0 Å². The van der Waals surface area contributed by atoms with Crippen molar-refractivity contribution < 1.29 is 0 Å². The standard InChI is InChI=1S/C15H12N2/c1-11-5-4-6-12-8-9-14(17-15(11)12)13-7-2-3-10-16-13/h2-10H,1H3. The summed E-state index contributed by atoms with van der Waals surface area (Å²) in [5, 5.41) is 1.17. The molecule has 0 aliphatic rings. The lowest BCUT2D eigenvalue weighted by Gasteiger charge is -2.04. The molecule has 0 bridgehead atoms. The summed E-state index contributed by atoms with van der Waals surface area (Å²) in [4.78, 5) is 9.01. The molecule has 17 heavy (non-hydrogen) atoms. The van der Waals surface area contributed by atoms with Crippen molar-refractivity contribution in [1.29, 1.82) is 0 Å². The van der Waals surface area contributed by atoms with Gasteiger partial charge in [0.15, 0.2) is 0 Å². The summed E-state index contributed by atoms with van der Waals surface area (Å²) in [6.45, 7) is 2.08. The first-order valence-electron chi connectivity index (χ1n) is 5.62. The van der Waals surface area contributed by atoms with Crippen LogP contribution in [-0.2, 0) is 0 Å². The highest BCUT2D eigenvalue weighted by atomic mass is 14.8. The van der Waals surface area contributed by atoms with Crippen LogP contribution in [-0.4, -0.2) is 9.97 Å². The third-order valence-corrected chi connectivity index (χ3v) is 2.85. The van der Waals surface area contributed by atoms with Crippen LogP contribution in [0, 0.1) is 6.92 Å². The monoisotopic (exact) mass is 220 g/mol. The van der Waals surface area contributed by atoms with Gasteiger partial charge < -0.3 is 0 Å². The van der Waals surface area contributed by atoms with E-state index in [1.54, 1.807) is 6.20 Å². The van der Waals surface area contributed by atoms with Gasteiger partial charge in [0.2, 0.25) is 0 Å². The van der Waals surface area contributed by atoms with Crippen molar-refractivity contribution in [2.75, 3.05) is 0 Å². The maximum atomic E-state index is 4.68.